The van der Waals surface area contributed by atoms with Gasteiger partial charge in [-0.15, -0.1) is 0 Å². The van der Waals surface area contributed by atoms with Crippen LogP contribution in [0.5, 0.6) is 0 Å². The van der Waals surface area contributed by atoms with E-state index in [0.717, 1.165) is 35.6 Å². The highest BCUT2D eigenvalue weighted by molar-refractivity contribution is 7.99. The van der Waals surface area contributed by atoms with Crippen LogP contribution in [-0.2, 0) is 9.59 Å². The van der Waals surface area contributed by atoms with Crippen LogP contribution in [-0.4, -0.2) is 34.8 Å². The number of nitrogens with one attached hydrogen (secondary N) is 2. The molecule has 0 spiro atoms. The van der Waals surface area contributed by atoms with Crippen LogP contribution in [0.3, 0.4) is 0 Å². The van der Waals surface area contributed by atoms with Gasteiger partial charge < -0.3 is 15.1 Å². The van der Waals surface area contributed by atoms with E-state index in [1.807, 2.05) is 23.9 Å². The Morgan fingerprint density at radius 1 is 1.21 bits per heavy atom. The summed E-state index contributed by atoms with van der Waals surface area (Å²) in [6.07, 6.45) is 4.72. The lowest BCUT2D eigenvalue weighted by atomic mass is 10.0. The fourth-order valence-electron chi connectivity index (χ4n) is 2.56. The molecule has 1 aliphatic heterocycles. The first kappa shape index (κ1) is 16.6. The molecule has 6 nitrogen and oxygen atoms in total. The molecule has 7 heteroatoms. The van der Waals surface area contributed by atoms with Gasteiger partial charge in [0.15, 0.2) is 6.39 Å². The van der Waals surface area contributed by atoms with Gasteiger partial charge in [-0.2, -0.15) is 11.8 Å². The van der Waals surface area contributed by atoms with Gasteiger partial charge in [-0.3, -0.25) is 9.59 Å². The van der Waals surface area contributed by atoms with Crippen molar-refractivity contribution in [2.24, 2.45) is 5.92 Å². The lowest BCUT2D eigenvalue weighted by Crippen LogP contribution is -2.38. The zero-order valence-electron chi connectivity index (χ0n) is 13.2. The first-order chi connectivity index (χ1) is 11.7. The molecule has 3 rings (SSSR count). The van der Waals surface area contributed by atoms with Crippen molar-refractivity contribution in [1.29, 1.82) is 0 Å². The minimum atomic E-state index is -0.234. The molecule has 1 saturated heterocycles. The topological polar surface area (TPSA) is 84.2 Å². The molecule has 2 amide bonds. The highest BCUT2D eigenvalue weighted by Gasteiger charge is 2.21. The molecule has 2 heterocycles. The number of hydrogen-bond acceptors (Lipinski definition) is 5. The van der Waals surface area contributed by atoms with Crippen molar-refractivity contribution in [1.82, 2.24) is 10.3 Å². The highest BCUT2D eigenvalue weighted by Crippen LogP contribution is 2.22. The van der Waals surface area contributed by atoms with E-state index >= 15 is 0 Å². The van der Waals surface area contributed by atoms with E-state index in [0.29, 0.717) is 5.69 Å². The van der Waals surface area contributed by atoms with Crippen LogP contribution in [0.4, 0.5) is 5.69 Å². The maximum Gasteiger partial charge on any atom is 0.243 e. The summed E-state index contributed by atoms with van der Waals surface area (Å²) in [5, 5.41) is 5.49. The minimum absolute atomic E-state index is 0.00643. The Labute approximate surface area is 144 Å². The van der Waals surface area contributed by atoms with Gasteiger partial charge >= 0.3 is 0 Å². The lowest BCUT2D eigenvalue weighted by Gasteiger charge is -2.20. The van der Waals surface area contributed by atoms with Gasteiger partial charge in [0, 0.05) is 17.2 Å². The molecule has 1 aromatic carbocycles. The van der Waals surface area contributed by atoms with Crippen LogP contribution < -0.4 is 10.6 Å². The van der Waals surface area contributed by atoms with E-state index in [2.05, 4.69) is 15.6 Å². The molecule has 2 aromatic rings. The summed E-state index contributed by atoms with van der Waals surface area (Å²) in [4.78, 5) is 28.0. The van der Waals surface area contributed by atoms with Crippen molar-refractivity contribution in [2.75, 3.05) is 23.4 Å². The summed E-state index contributed by atoms with van der Waals surface area (Å²) in [7, 11) is 0. The number of rotatable bonds is 5. The van der Waals surface area contributed by atoms with E-state index in [9.17, 15) is 9.59 Å². The van der Waals surface area contributed by atoms with E-state index in [1.165, 1.54) is 6.39 Å². The van der Waals surface area contributed by atoms with Gasteiger partial charge in [0.05, 0.1) is 6.54 Å². The molecule has 0 atom stereocenters. The Morgan fingerprint density at radius 3 is 2.62 bits per heavy atom. The fraction of sp³-hybridized carbons (Fsp3) is 0.353. The summed E-state index contributed by atoms with van der Waals surface area (Å²) in [6.45, 7) is -0.00643. The Balaban J connectivity index is 1.47. The summed E-state index contributed by atoms with van der Waals surface area (Å²) in [5.74, 6) is 1.82. The molecule has 0 bridgehead atoms. The zero-order valence-corrected chi connectivity index (χ0v) is 14.0. The minimum Gasteiger partial charge on any atom is -0.451 e. The number of carbonyl (C=O) groups is 2. The Bertz CT molecular complexity index is 680. The highest BCUT2D eigenvalue weighted by atomic mass is 32.2. The molecule has 1 aliphatic rings. The van der Waals surface area contributed by atoms with E-state index in [1.54, 1.807) is 18.4 Å². The van der Waals surface area contributed by atoms with E-state index in [4.69, 9.17) is 4.42 Å². The molecule has 0 aliphatic carbocycles. The third-order valence-corrected chi connectivity index (χ3v) is 4.96. The standard InChI is InChI=1S/C17H19N3O3S/c21-16(9-18-17(22)13-5-7-24-8-6-13)20-14-3-1-12(2-4-14)15-10-23-11-19-15/h1-4,10-11,13H,5-9H2,(H,18,22)(H,20,21). The maximum absolute atomic E-state index is 12.0. The zero-order chi connectivity index (χ0) is 16.8. The maximum atomic E-state index is 12.0. The smallest absolute Gasteiger partial charge is 0.243 e. The number of hydrogen-bond donors (Lipinski definition) is 2. The molecular weight excluding hydrogens is 326 g/mol. The van der Waals surface area contributed by atoms with Crippen LogP contribution in [0.1, 0.15) is 12.8 Å². The van der Waals surface area contributed by atoms with Crippen LogP contribution in [0.25, 0.3) is 11.3 Å². The first-order valence-electron chi connectivity index (χ1n) is 7.86. The third-order valence-electron chi connectivity index (χ3n) is 3.91. The molecule has 2 N–H and O–H groups in total. The van der Waals surface area contributed by atoms with Crippen molar-refractivity contribution in [2.45, 2.75) is 12.8 Å². The second-order valence-corrected chi connectivity index (χ2v) is 6.83. The number of thioether (sulfide) groups is 1. The van der Waals surface area contributed by atoms with Crippen LogP contribution >= 0.6 is 11.8 Å². The summed E-state index contributed by atoms with van der Waals surface area (Å²) in [6, 6.07) is 7.29. The predicted molar refractivity (Wildman–Crippen MR) is 93.6 cm³/mol. The number of aromatic nitrogens is 1. The van der Waals surface area contributed by atoms with Crippen LogP contribution in [0.15, 0.2) is 41.3 Å². The normalized spacial score (nSPS) is 15.0. The molecule has 0 radical (unpaired) electrons. The Morgan fingerprint density at radius 2 is 1.96 bits per heavy atom. The molecule has 0 unspecified atom stereocenters. The SMILES string of the molecule is O=C(CNC(=O)C1CCSCC1)Nc1ccc(-c2cocn2)cc1. The first-order valence-corrected chi connectivity index (χ1v) is 9.02. The fourth-order valence-corrected chi connectivity index (χ4v) is 3.66. The van der Waals surface area contributed by atoms with Gasteiger partial charge in [0.25, 0.3) is 0 Å². The van der Waals surface area contributed by atoms with Crippen molar-refractivity contribution in [3.8, 4) is 11.3 Å². The molecule has 1 aromatic heterocycles. The van der Waals surface area contributed by atoms with Gasteiger partial charge in [-0.05, 0) is 36.5 Å². The Kier molecular flexibility index (Phi) is 5.53. The van der Waals surface area contributed by atoms with Crippen molar-refractivity contribution >= 4 is 29.3 Å². The van der Waals surface area contributed by atoms with E-state index < -0.39 is 0 Å². The molecule has 1 fully saturated rings. The molecular formula is C17H19N3O3S. The van der Waals surface area contributed by atoms with Gasteiger partial charge in [0.2, 0.25) is 11.8 Å². The van der Waals surface area contributed by atoms with Crippen molar-refractivity contribution < 1.29 is 14.0 Å². The van der Waals surface area contributed by atoms with E-state index in [-0.39, 0.29) is 24.3 Å². The summed E-state index contributed by atoms with van der Waals surface area (Å²) >= 11 is 1.87. The van der Waals surface area contributed by atoms with Gasteiger partial charge in [-0.1, -0.05) is 12.1 Å². The number of amides is 2. The van der Waals surface area contributed by atoms with Crippen LogP contribution in [0.2, 0.25) is 0 Å². The van der Waals surface area contributed by atoms with Gasteiger partial charge in [-0.25, -0.2) is 4.98 Å². The summed E-state index contributed by atoms with van der Waals surface area (Å²) in [5.41, 5.74) is 2.33. The van der Waals surface area contributed by atoms with Crippen LogP contribution in [0, 0.1) is 5.92 Å². The van der Waals surface area contributed by atoms with Gasteiger partial charge in [0.1, 0.15) is 12.0 Å². The largest absolute Gasteiger partial charge is 0.451 e. The number of carbonyl (C=O) groups excluding carboxylic acids is 2. The quantitative estimate of drug-likeness (QED) is 0.870. The number of anilines is 1. The number of oxazole rings is 1. The molecule has 24 heavy (non-hydrogen) atoms. The second-order valence-electron chi connectivity index (χ2n) is 5.60. The lowest BCUT2D eigenvalue weighted by molar-refractivity contribution is -0.127. The predicted octanol–water partition coefficient (Wildman–Crippen LogP) is 2.54. The molecule has 0 saturated carbocycles. The average molecular weight is 345 g/mol. The average Bonchev–Trinajstić information content (AvgIpc) is 3.16. The third kappa shape index (κ3) is 4.38. The second kappa shape index (κ2) is 8.01. The number of benzene rings is 1. The summed E-state index contributed by atoms with van der Waals surface area (Å²) < 4.78 is 4.95. The van der Waals surface area contributed by atoms with Crippen molar-refractivity contribution in [3.63, 3.8) is 0 Å². The number of nitrogens with zero attached hydrogens (tertiary/aromatic N) is 1. The Hall–Kier alpha value is -2.28. The monoisotopic (exact) mass is 345 g/mol. The molecule has 126 valence electrons. The van der Waals surface area contributed by atoms with Crippen molar-refractivity contribution in [3.05, 3.63) is 36.9 Å².